The van der Waals surface area contributed by atoms with Crippen LogP contribution in [0, 0.1) is 5.82 Å². The van der Waals surface area contributed by atoms with E-state index in [0.29, 0.717) is 6.54 Å². The fourth-order valence-corrected chi connectivity index (χ4v) is 1.70. The maximum absolute atomic E-state index is 13.5. The normalized spacial score (nSPS) is 12.4. The number of nitrogens with zero attached hydrogens (tertiary/aromatic N) is 2. The summed E-state index contributed by atoms with van der Waals surface area (Å²) >= 11 is 0. The fraction of sp³-hybridized carbons (Fsp3) is 0.308. The first-order valence-corrected chi connectivity index (χ1v) is 5.70. The molecule has 1 aromatic heterocycles. The average molecular weight is 249 g/mol. The maximum Gasteiger partial charge on any atom is 0.165 e. The van der Waals surface area contributed by atoms with Gasteiger partial charge in [-0.3, -0.25) is 4.68 Å². The first-order chi connectivity index (χ1) is 8.60. The Morgan fingerprint density at radius 2 is 2.28 bits per heavy atom. The molecule has 5 heteroatoms. The number of rotatable bonds is 4. The minimum Gasteiger partial charge on any atom is -0.494 e. The van der Waals surface area contributed by atoms with E-state index in [0.717, 1.165) is 11.1 Å². The van der Waals surface area contributed by atoms with E-state index < -0.39 is 0 Å². The number of methoxy groups -OCH3 is 1. The quantitative estimate of drug-likeness (QED) is 0.902. The molecule has 96 valence electrons. The van der Waals surface area contributed by atoms with E-state index in [2.05, 4.69) is 5.10 Å². The van der Waals surface area contributed by atoms with Crippen LogP contribution in [0.1, 0.15) is 24.1 Å². The monoisotopic (exact) mass is 249 g/mol. The molecule has 2 rings (SSSR count). The summed E-state index contributed by atoms with van der Waals surface area (Å²) in [5, 5.41) is 4.19. The number of nitrogens with two attached hydrogens (primary N) is 1. The molecular formula is C13H16FN3O. The largest absolute Gasteiger partial charge is 0.494 e. The molecule has 1 aromatic carbocycles. The van der Waals surface area contributed by atoms with Gasteiger partial charge in [-0.1, -0.05) is 6.07 Å². The maximum atomic E-state index is 13.5. The molecule has 0 amide bonds. The zero-order valence-corrected chi connectivity index (χ0v) is 10.4. The van der Waals surface area contributed by atoms with E-state index in [4.69, 9.17) is 10.5 Å². The van der Waals surface area contributed by atoms with E-state index in [1.165, 1.54) is 13.2 Å². The Hall–Kier alpha value is -1.88. The Morgan fingerprint density at radius 3 is 2.83 bits per heavy atom. The Morgan fingerprint density at radius 1 is 1.50 bits per heavy atom. The third-order valence-corrected chi connectivity index (χ3v) is 2.74. The molecule has 1 atom stereocenters. The van der Waals surface area contributed by atoms with Crippen molar-refractivity contribution in [2.45, 2.75) is 19.5 Å². The molecule has 0 bridgehead atoms. The summed E-state index contributed by atoms with van der Waals surface area (Å²) in [7, 11) is 1.44. The number of ether oxygens (including phenoxy) is 1. The van der Waals surface area contributed by atoms with Gasteiger partial charge in [0.25, 0.3) is 0 Å². The van der Waals surface area contributed by atoms with Gasteiger partial charge in [0.2, 0.25) is 0 Å². The molecule has 1 unspecified atom stereocenters. The summed E-state index contributed by atoms with van der Waals surface area (Å²) < 4.78 is 20.1. The summed E-state index contributed by atoms with van der Waals surface area (Å²) in [6.07, 6.45) is 3.59. The molecule has 0 aliphatic carbocycles. The lowest BCUT2D eigenvalue weighted by molar-refractivity contribution is 0.386. The number of halogens is 1. The molecule has 2 N–H and O–H groups in total. The Kier molecular flexibility index (Phi) is 3.62. The molecule has 4 nitrogen and oxygen atoms in total. The molecular weight excluding hydrogens is 233 g/mol. The van der Waals surface area contributed by atoms with Crippen LogP contribution >= 0.6 is 0 Å². The number of aromatic nitrogens is 2. The zero-order chi connectivity index (χ0) is 13.1. The fourth-order valence-electron chi connectivity index (χ4n) is 1.70. The predicted molar refractivity (Wildman–Crippen MR) is 66.9 cm³/mol. The van der Waals surface area contributed by atoms with Gasteiger partial charge in [-0.2, -0.15) is 5.10 Å². The van der Waals surface area contributed by atoms with Gasteiger partial charge >= 0.3 is 0 Å². The lowest BCUT2D eigenvalue weighted by atomic mass is 10.2. The number of hydrogen-bond donors (Lipinski definition) is 1. The van der Waals surface area contributed by atoms with Crippen molar-refractivity contribution in [2.24, 2.45) is 5.73 Å². The molecule has 0 saturated heterocycles. The van der Waals surface area contributed by atoms with Gasteiger partial charge in [-0.15, -0.1) is 0 Å². The highest BCUT2D eigenvalue weighted by Gasteiger charge is 2.06. The van der Waals surface area contributed by atoms with Crippen LogP contribution in [0.2, 0.25) is 0 Å². The van der Waals surface area contributed by atoms with E-state index >= 15 is 0 Å². The van der Waals surface area contributed by atoms with Crippen LogP contribution in [-0.2, 0) is 6.54 Å². The second kappa shape index (κ2) is 5.18. The molecule has 0 spiro atoms. The van der Waals surface area contributed by atoms with Crippen molar-refractivity contribution < 1.29 is 9.13 Å². The van der Waals surface area contributed by atoms with Crippen molar-refractivity contribution >= 4 is 0 Å². The molecule has 18 heavy (non-hydrogen) atoms. The second-order valence-electron chi connectivity index (χ2n) is 4.23. The van der Waals surface area contributed by atoms with Crippen molar-refractivity contribution in [1.82, 2.24) is 9.78 Å². The van der Waals surface area contributed by atoms with Crippen molar-refractivity contribution in [3.63, 3.8) is 0 Å². The van der Waals surface area contributed by atoms with E-state index in [9.17, 15) is 4.39 Å². The second-order valence-corrected chi connectivity index (χ2v) is 4.23. The number of hydrogen-bond acceptors (Lipinski definition) is 3. The van der Waals surface area contributed by atoms with Crippen molar-refractivity contribution in [3.8, 4) is 5.75 Å². The molecule has 0 aliphatic rings. The van der Waals surface area contributed by atoms with E-state index in [1.807, 2.05) is 19.2 Å². The van der Waals surface area contributed by atoms with Gasteiger partial charge in [0.15, 0.2) is 11.6 Å². The summed E-state index contributed by atoms with van der Waals surface area (Å²) in [5.74, 6) is -0.120. The minimum atomic E-state index is -0.366. The first kappa shape index (κ1) is 12.6. The molecule has 0 aliphatic heterocycles. The summed E-state index contributed by atoms with van der Waals surface area (Å²) in [6, 6.07) is 4.83. The van der Waals surface area contributed by atoms with E-state index in [1.54, 1.807) is 16.9 Å². The summed E-state index contributed by atoms with van der Waals surface area (Å²) in [5.41, 5.74) is 7.54. The van der Waals surface area contributed by atoms with Crippen LogP contribution in [0.4, 0.5) is 4.39 Å². The molecule has 0 fully saturated rings. The highest BCUT2D eigenvalue weighted by Crippen LogP contribution is 2.18. The SMILES string of the molecule is COc1ccc(Cn2cc(C(C)N)cn2)cc1F. The van der Waals surface area contributed by atoms with Crippen molar-refractivity contribution in [2.75, 3.05) is 7.11 Å². The zero-order valence-electron chi connectivity index (χ0n) is 10.4. The standard InChI is InChI=1S/C13H16FN3O/c1-9(15)11-6-16-17(8-11)7-10-3-4-13(18-2)12(14)5-10/h3-6,8-9H,7,15H2,1-2H3. The van der Waals surface area contributed by atoms with Gasteiger partial charge in [0, 0.05) is 17.8 Å². The third-order valence-electron chi connectivity index (χ3n) is 2.74. The topological polar surface area (TPSA) is 53.1 Å². The van der Waals surface area contributed by atoms with Gasteiger partial charge in [0.1, 0.15) is 0 Å². The van der Waals surface area contributed by atoms with Gasteiger partial charge < -0.3 is 10.5 Å². The Balaban J connectivity index is 2.15. The lowest BCUT2D eigenvalue weighted by Crippen LogP contribution is -2.04. The molecule has 0 radical (unpaired) electrons. The Bertz CT molecular complexity index is 537. The molecule has 0 saturated carbocycles. The van der Waals surface area contributed by atoms with Crippen LogP contribution in [0.25, 0.3) is 0 Å². The van der Waals surface area contributed by atoms with Crippen molar-refractivity contribution in [3.05, 3.63) is 47.5 Å². The predicted octanol–water partition coefficient (Wildman–Crippen LogP) is 2.10. The van der Waals surface area contributed by atoms with E-state index in [-0.39, 0.29) is 17.6 Å². The lowest BCUT2D eigenvalue weighted by Gasteiger charge is -2.05. The van der Waals surface area contributed by atoms with Crippen LogP contribution < -0.4 is 10.5 Å². The van der Waals surface area contributed by atoms with Crippen LogP contribution in [0.15, 0.2) is 30.6 Å². The smallest absolute Gasteiger partial charge is 0.165 e. The third kappa shape index (κ3) is 2.68. The molecule has 2 aromatic rings. The number of benzene rings is 1. The van der Waals surface area contributed by atoms with Crippen molar-refractivity contribution in [1.29, 1.82) is 0 Å². The van der Waals surface area contributed by atoms with Crippen LogP contribution in [-0.4, -0.2) is 16.9 Å². The molecule has 1 heterocycles. The minimum absolute atomic E-state index is 0.0497. The highest BCUT2D eigenvalue weighted by atomic mass is 19.1. The average Bonchev–Trinajstić information content (AvgIpc) is 2.78. The highest BCUT2D eigenvalue weighted by molar-refractivity contribution is 5.29. The van der Waals surface area contributed by atoms with Gasteiger partial charge in [-0.05, 0) is 24.6 Å². The first-order valence-electron chi connectivity index (χ1n) is 5.70. The Labute approximate surface area is 105 Å². The summed E-state index contributed by atoms with van der Waals surface area (Å²) in [6.45, 7) is 2.40. The van der Waals surface area contributed by atoms with Gasteiger partial charge in [0.05, 0.1) is 19.9 Å². The summed E-state index contributed by atoms with van der Waals surface area (Å²) in [4.78, 5) is 0. The van der Waals surface area contributed by atoms with Crippen LogP contribution in [0.5, 0.6) is 5.75 Å². The van der Waals surface area contributed by atoms with Crippen LogP contribution in [0.3, 0.4) is 0 Å². The van der Waals surface area contributed by atoms with Gasteiger partial charge in [-0.25, -0.2) is 4.39 Å².